The van der Waals surface area contributed by atoms with Crippen LogP contribution in [0.25, 0.3) is 0 Å². The summed E-state index contributed by atoms with van der Waals surface area (Å²) in [5.41, 5.74) is 5.75. The first-order valence-corrected chi connectivity index (χ1v) is 3.88. The Morgan fingerprint density at radius 2 is 2.50 bits per heavy atom. The predicted octanol–water partition coefficient (Wildman–Crippen LogP) is 0.989. The maximum absolute atomic E-state index is 10.9. The van der Waals surface area contributed by atoms with Gasteiger partial charge in [-0.05, 0) is 6.07 Å². The Balaban J connectivity index is 3.07. The van der Waals surface area contributed by atoms with Crippen molar-refractivity contribution in [1.29, 1.82) is 5.26 Å². The number of carbonyl (C=O) groups excluding carboxylic acids is 1. The Labute approximate surface area is 73.2 Å². The van der Waals surface area contributed by atoms with Crippen LogP contribution >= 0.6 is 11.3 Å². The molecule has 1 aromatic heterocycles. The second-order valence-corrected chi connectivity index (χ2v) is 3.05. The van der Waals surface area contributed by atoms with Crippen molar-refractivity contribution in [3.05, 3.63) is 15.8 Å². The van der Waals surface area contributed by atoms with Crippen molar-refractivity contribution in [2.45, 2.75) is 0 Å². The number of methoxy groups -OCH3 is 1. The summed E-state index contributed by atoms with van der Waals surface area (Å²) < 4.78 is 4.46. The zero-order valence-corrected chi connectivity index (χ0v) is 7.14. The van der Waals surface area contributed by atoms with Crippen molar-refractivity contribution < 1.29 is 9.53 Å². The molecule has 0 aliphatic carbocycles. The van der Waals surface area contributed by atoms with Crippen molar-refractivity contribution in [2.75, 3.05) is 12.8 Å². The lowest BCUT2D eigenvalue weighted by atomic mass is 10.4. The molecule has 0 amide bonds. The molecule has 1 aromatic rings. The predicted molar refractivity (Wildman–Crippen MR) is 44.8 cm³/mol. The summed E-state index contributed by atoms with van der Waals surface area (Å²) in [6.45, 7) is 0. The van der Waals surface area contributed by atoms with Gasteiger partial charge in [-0.15, -0.1) is 11.3 Å². The van der Waals surface area contributed by atoms with Gasteiger partial charge in [0, 0.05) is 0 Å². The molecule has 0 aliphatic rings. The lowest BCUT2D eigenvalue weighted by Gasteiger charge is -1.90. The van der Waals surface area contributed by atoms with E-state index in [1.807, 2.05) is 6.07 Å². The molecule has 1 rings (SSSR count). The number of hydrogen-bond donors (Lipinski definition) is 1. The molecule has 0 atom stereocenters. The van der Waals surface area contributed by atoms with Crippen molar-refractivity contribution in [2.24, 2.45) is 0 Å². The Hall–Kier alpha value is -1.54. The number of nitrogens with two attached hydrogens (primary N) is 1. The van der Waals surface area contributed by atoms with Crippen LogP contribution in [0.15, 0.2) is 6.07 Å². The van der Waals surface area contributed by atoms with Crippen LogP contribution in [0, 0.1) is 11.3 Å². The van der Waals surface area contributed by atoms with Crippen molar-refractivity contribution in [3.63, 3.8) is 0 Å². The molecule has 12 heavy (non-hydrogen) atoms. The number of anilines is 1. The SMILES string of the molecule is COC(=O)c1cc(N)c(C#N)s1. The van der Waals surface area contributed by atoms with Crippen molar-refractivity contribution in [3.8, 4) is 6.07 Å². The number of thiophene rings is 1. The van der Waals surface area contributed by atoms with Gasteiger partial charge in [0.2, 0.25) is 0 Å². The molecule has 0 spiro atoms. The van der Waals surface area contributed by atoms with E-state index in [-0.39, 0.29) is 0 Å². The highest BCUT2D eigenvalue weighted by Crippen LogP contribution is 2.23. The fourth-order valence-electron chi connectivity index (χ4n) is 0.694. The molecule has 1 heterocycles. The number of nitrogens with zero attached hydrogens (tertiary/aromatic N) is 1. The quantitative estimate of drug-likeness (QED) is 0.657. The molecule has 4 nitrogen and oxygen atoms in total. The first-order valence-electron chi connectivity index (χ1n) is 3.06. The minimum atomic E-state index is -0.465. The second-order valence-electron chi connectivity index (χ2n) is 2.00. The summed E-state index contributed by atoms with van der Waals surface area (Å²) in [7, 11) is 1.28. The molecular formula is C7H6N2O2S. The molecule has 0 bridgehead atoms. The minimum absolute atomic E-state index is 0.322. The number of ether oxygens (including phenoxy) is 1. The van der Waals surface area contributed by atoms with Crippen LogP contribution in [0.1, 0.15) is 14.5 Å². The summed E-state index contributed by atoms with van der Waals surface area (Å²) >= 11 is 1.03. The van der Waals surface area contributed by atoms with Crippen LogP contribution in [0.5, 0.6) is 0 Å². The molecule has 0 saturated carbocycles. The van der Waals surface area contributed by atoms with E-state index >= 15 is 0 Å². The van der Waals surface area contributed by atoms with Gasteiger partial charge in [0.25, 0.3) is 0 Å². The van der Waals surface area contributed by atoms with Gasteiger partial charge in [-0.2, -0.15) is 5.26 Å². The first kappa shape index (κ1) is 8.56. The van der Waals surface area contributed by atoms with Crippen LogP contribution in [0.2, 0.25) is 0 Å². The Bertz CT molecular complexity index is 351. The normalized spacial score (nSPS) is 9.00. The van der Waals surface area contributed by atoms with Gasteiger partial charge in [-0.1, -0.05) is 0 Å². The second kappa shape index (κ2) is 3.24. The number of nitrogen functional groups attached to an aromatic ring is 1. The minimum Gasteiger partial charge on any atom is -0.465 e. The molecule has 0 radical (unpaired) electrons. The fourth-order valence-corrected chi connectivity index (χ4v) is 1.49. The van der Waals surface area contributed by atoms with E-state index in [0.717, 1.165) is 11.3 Å². The van der Waals surface area contributed by atoms with Gasteiger partial charge in [0.05, 0.1) is 12.8 Å². The average Bonchev–Trinajstić information content (AvgIpc) is 2.45. The lowest BCUT2D eigenvalue weighted by molar-refractivity contribution is 0.0606. The third kappa shape index (κ3) is 1.38. The highest BCUT2D eigenvalue weighted by Gasteiger charge is 2.12. The summed E-state index contributed by atoms with van der Waals surface area (Å²) in [5, 5.41) is 8.51. The number of esters is 1. The van der Waals surface area contributed by atoms with Gasteiger partial charge in [0.15, 0.2) is 0 Å². The van der Waals surface area contributed by atoms with E-state index < -0.39 is 5.97 Å². The average molecular weight is 182 g/mol. The Kier molecular flexibility index (Phi) is 2.31. The van der Waals surface area contributed by atoms with Crippen LogP contribution in [0.3, 0.4) is 0 Å². The summed E-state index contributed by atoms with van der Waals surface area (Å²) in [5.74, 6) is -0.465. The van der Waals surface area contributed by atoms with E-state index in [2.05, 4.69) is 4.74 Å². The highest BCUT2D eigenvalue weighted by molar-refractivity contribution is 7.15. The number of rotatable bonds is 1. The van der Waals surface area contributed by atoms with Crippen LogP contribution < -0.4 is 5.73 Å². The van der Waals surface area contributed by atoms with E-state index in [0.29, 0.717) is 15.4 Å². The Morgan fingerprint density at radius 1 is 1.83 bits per heavy atom. The molecule has 5 heteroatoms. The molecule has 62 valence electrons. The highest BCUT2D eigenvalue weighted by atomic mass is 32.1. The molecule has 0 unspecified atom stereocenters. The maximum Gasteiger partial charge on any atom is 0.348 e. The van der Waals surface area contributed by atoms with Gasteiger partial charge < -0.3 is 10.5 Å². The van der Waals surface area contributed by atoms with Crippen molar-refractivity contribution in [1.82, 2.24) is 0 Å². The van der Waals surface area contributed by atoms with Gasteiger partial charge in [0.1, 0.15) is 15.8 Å². The number of nitriles is 1. The third-order valence-corrected chi connectivity index (χ3v) is 2.28. The number of hydrogen-bond acceptors (Lipinski definition) is 5. The summed E-state index contributed by atoms with van der Waals surface area (Å²) in [4.78, 5) is 11.6. The molecule has 0 aromatic carbocycles. The first-order chi connectivity index (χ1) is 5.69. The van der Waals surface area contributed by atoms with E-state index in [1.54, 1.807) is 0 Å². The fraction of sp³-hybridized carbons (Fsp3) is 0.143. The van der Waals surface area contributed by atoms with Gasteiger partial charge in [-0.25, -0.2) is 4.79 Å². The van der Waals surface area contributed by atoms with E-state index in [9.17, 15) is 4.79 Å². The standard InChI is InChI=1S/C7H6N2O2S/c1-11-7(10)5-2-4(9)6(3-8)12-5/h2H,9H2,1H3. The summed E-state index contributed by atoms with van der Waals surface area (Å²) in [6.07, 6.45) is 0. The zero-order valence-electron chi connectivity index (χ0n) is 6.33. The largest absolute Gasteiger partial charge is 0.465 e. The zero-order chi connectivity index (χ0) is 9.14. The smallest absolute Gasteiger partial charge is 0.348 e. The van der Waals surface area contributed by atoms with Gasteiger partial charge in [-0.3, -0.25) is 0 Å². The summed E-state index contributed by atoms with van der Waals surface area (Å²) in [6, 6.07) is 3.32. The molecule has 0 saturated heterocycles. The molecular weight excluding hydrogens is 176 g/mol. The topological polar surface area (TPSA) is 76.1 Å². The lowest BCUT2D eigenvalue weighted by Crippen LogP contribution is -1.97. The van der Waals surface area contributed by atoms with E-state index in [1.165, 1.54) is 13.2 Å². The van der Waals surface area contributed by atoms with E-state index in [4.69, 9.17) is 11.0 Å². The Morgan fingerprint density at radius 3 is 2.92 bits per heavy atom. The van der Waals surface area contributed by atoms with Crippen molar-refractivity contribution >= 4 is 23.0 Å². The van der Waals surface area contributed by atoms with Crippen LogP contribution in [0.4, 0.5) is 5.69 Å². The monoisotopic (exact) mass is 182 g/mol. The molecule has 0 aliphatic heterocycles. The van der Waals surface area contributed by atoms with Gasteiger partial charge >= 0.3 is 5.97 Å². The molecule has 0 fully saturated rings. The van der Waals surface area contributed by atoms with Crippen LogP contribution in [-0.4, -0.2) is 13.1 Å². The maximum atomic E-state index is 10.9. The molecule has 2 N–H and O–H groups in total. The third-order valence-electron chi connectivity index (χ3n) is 1.25. The number of carbonyl (C=O) groups is 1. The van der Waals surface area contributed by atoms with Crippen LogP contribution in [-0.2, 0) is 4.74 Å².